The van der Waals surface area contributed by atoms with Crippen LogP contribution in [0.5, 0.6) is 0 Å². The number of carbonyl (C=O) groups excluding carboxylic acids is 1. The standard InChI is InChI=1S/C17H17N3OS/c1-2-7-13-15(16(20-19-13)14-10-6-11-22-14)18-17(21)12-8-4-3-5-9-12/h3-6,8-11H,2,7H2,1H3,(H,18,21)(H,19,20). The number of anilines is 1. The van der Waals surface area contributed by atoms with Crippen LogP contribution in [0.25, 0.3) is 10.6 Å². The van der Waals surface area contributed by atoms with Gasteiger partial charge in [0.1, 0.15) is 5.69 Å². The van der Waals surface area contributed by atoms with Gasteiger partial charge in [0.15, 0.2) is 0 Å². The molecule has 2 heterocycles. The van der Waals surface area contributed by atoms with E-state index < -0.39 is 0 Å². The maximum Gasteiger partial charge on any atom is 0.255 e. The van der Waals surface area contributed by atoms with Gasteiger partial charge in [-0.1, -0.05) is 37.6 Å². The average molecular weight is 311 g/mol. The molecule has 0 aliphatic rings. The largest absolute Gasteiger partial charge is 0.319 e. The molecule has 0 fully saturated rings. The lowest BCUT2D eigenvalue weighted by atomic mass is 10.1. The summed E-state index contributed by atoms with van der Waals surface area (Å²) in [7, 11) is 0. The van der Waals surface area contributed by atoms with Crippen molar-refractivity contribution in [3.8, 4) is 10.6 Å². The minimum absolute atomic E-state index is 0.114. The molecule has 4 nitrogen and oxygen atoms in total. The normalized spacial score (nSPS) is 10.6. The van der Waals surface area contributed by atoms with E-state index in [-0.39, 0.29) is 5.91 Å². The SMILES string of the molecule is CCCc1[nH]nc(-c2cccs2)c1NC(=O)c1ccccc1. The number of aromatic amines is 1. The smallest absolute Gasteiger partial charge is 0.255 e. The summed E-state index contributed by atoms with van der Waals surface area (Å²) in [5, 5.41) is 12.5. The van der Waals surface area contributed by atoms with Crippen LogP contribution in [0, 0.1) is 0 Å². The lowest BCUT2D eigenvalue weighted by Crippen LogP contribution is -2.13. The third-order valence-electron chi connectivity index (χ3n) is 3.37. The highest BCUT2D eigenvalue weighted by Gasteiger charge is 2.18. The van der Waals surface area contributed by atoms with Crippen LogP contribution in [0.4, 0.5) is 5.69 Å². The van der Waals surface area contributed by atoms with E-state index >= 15 is 0 Å². The van der Waals surface area contributed by atoms with Crippen LogP contribution in [0.15, 0.2) is 47.8 Å². The number of amides is 1. The molecular weight excluding hydrogens is 294 g/mol. The predicted octanol–water partition coefficient (Wildman–Crippen LogP) is 4.34. The summed E-state index contributed by atoms with van der Waals surface area (Å²) in [4.78, 5) is 13.5. The van der Waals surface area contributed by atoms with Crippen molar-refractivity contribution in [1.29, 1.82) is 0 Å². The van der Waals surface area contributed by atoms with Gasteiger partial charge in [0, 0.05) is 5.56 Å². The molecule has 0 saturated carbocycles. The molecule has 0 atom stereocenters. The van der Waals surface area contributed by atoms with Crippen LogP contribution in [-0.2, 0) is 6.42 Å². The quantitative estimate of drug-likeness (QED) is 0.736. The van der Waals surface area contributed by atoms with E-state index in [1.807, 2.05) is 35.7 Å². The summed E-state index contributed by atoms with van der Waals surface area (Å²) in [6.45, 7) is 2.11. The van der Waals surface area contributed by atoms with Gasteiger partial charge in [0.25, 0.3) is 5.91 Å². The number of rotatable bonds is 5. The molecule has 2 N–H and O–H groups in total. The van der Waals surface area contributed by atoms with E-state index in [1.165, 1.54) is 0 Å². The summed E-state index contributed by atoms with van der Waals surface area (Å²) in [5.41, 5.74) is 3.21. The highest BCUT2D eigenvalue weighted by atomic mass is 32.1. The molecule has 0 aliphatic carbocycles. The molecule has 2 aromatic heterocycles. The lowest BCUT2D eigenvalue weighted by molar-refractivity contribution is 0.102. The lowest BCUT2D eigenvalue weighted by Gasteiger charge is -2.07. The number of hydrogen-bond acceptors (Lipinski definition) is 3. The molecule has 1 amide bonds. The van der Waals surface area contributed by atoms with Gasteiger partial charge in [-0.05, 0) is 30.0 Å². The van der Waals surface area contributed by atoms with E-state index in [2.05, 4.69) is 22.4 Å². The fraction of sp³-hybridized carbons (Fsp3) is 0.176. The van der Waals surface area contributed by atoms with Crippen molar-refractivity contribution in [2.45, 2.75) is 19.8 Å². The Morgan fingerprint density at radius 1 is 1.23 bits per heavy atom. The summed E-state index contributed by atoms with van der Waals surface area (Å²) in [5.74, 6) is -0.114. The van der Waals surface area contributed by atoms with Gasteiger partial charge in [-0.2, -0.15) is 5.10 Å². The maximum atomic E-state index is 12.4. The second kappa shape index (κ2) is 6.58. The fourth-order valence-corrected chi connectivity index (χ4v) is 3.03. The zero-order valence-electron chi connectivity index (χ0n) is 12.3. The molecular formula is C17H17N3OS. The Morgan fingerprint density at radius 3 is 2.73 bits per heavy atom. The minimum Gasteiger partial charge on any atom is -0.319 e. The summed E-state index contributed by atoms with van der Waals surface area (Å²) in [6, 6.07) is 13.2. The molecule has 112 valence electrons. The number of benzene rings is 1. The third kappa shape index (κ3) is 2.94. The van der Waals surface area contributed by atoms with Gasteiger partial charge < -0.3 is 5.32 Å². The van der Waals surface area contributed by atoms with Gasteiger partial charge in [0.05, 0.1) is 16.3 Å². The molecule has 3 aromatic rings. The Bertz CT molecular complexity index is 748. The van der Waals surface area contributed by atoms with Crippen LogP contribution in [0.3, 0.4) is 0 Å². The molecule has 0 spiro atoms. The zero-order chi connectivity index (χ0) is 15.4. The third-order valence-corrected chi connectivity index (χ3v) is 4.25. The van der Waals surface area contributed by atoms with Gasteiger partial charge in [-0.15, -0.1) is 11.3 Å². The van der Waals surface area contributed by atoms with E-state index in [9.17, 15) is 4.79 Å². The van der Waals surface area contributed by atoms with Crippen molar-refractivity contribution < 1.29 is 4.79 Å². The van der Waals surface area contributed by atoms with Crippen molar-refractivity contribution in [3.05, 3.63) is 59.1 Å². The van der Waals surface area contributed by atoms with Crippen molar-refractivity contribution in [1.82, 2.24) is 10.2 Å². The van der Waals surface area contributed by atoms with E-state index in [0.717, 1.165) is 34.8 Å². The van der Waals surface area contributed by atoms with Crippen molar-refractivity contribution >= 4 is 22.9 Å². The van der Waals surface area contributed by atoms with Crippen molar-refractivity contribution in [2.75, 3.05) is 5.32 Å². The predicted molar refractivity (Wildman–Crippen MR) is 90.3 cm³/mol. The molecule has 0 unspecified atom stereocenters. The number of hydrogen-bond donors (Lipinski definition) is 2. The summed E-state index contributed by atoms with van der Waals surface area (Å²) >= 11 is 1.61. The number of aromatic nitrogens is 2. The number of nitrogens with one attached hydrogen (secondary N) is 2. The molecule has 0 saturated heterocycles. The average Bonchev–Trinajstić information content (AvgIpc) is 3.19. The first-order chi connectivity index (χ1) is 10.8. The molecule has 0 aliphatic heterocycles. The fourth-order valence-electron chi connectivity index (χ4n) is 2.31. The number of H-pyrrole nitrogens is 1. The van der Waals surface area contributed by atoms with Crippen LogP contribution in [0.2, 0.25) is 0 Å². The van der Waals surface area contributed by atoms with Crippen molar-refractivity contribution in [2.24, 2.45) is 0 Å². The second-order valence-electron chi connectivity index (χ2n) is 4.97. The highest BCUT2D eigenvalue weighted by molar-refractivity contribution is 7.13. The van der Waals surface area contributed by atoms with Crippen LogP contribution in [0.1, 0.15) is 29.4 Å². The molecule has 22 heavy (non-hydrogen) atoms. The van der Waals surface area contributed by atoms with Crippen molar-refractivity contribution in [3.63, 3.8) is 0 Å². The molecule has 3 rings (SSSR count). The molecule has 5 heteroatoms. The van der Waals surface area contributed by atoms with Gasteiger partial charge >= 0.3 is 0 Å². The highest BCUT2D eigenvalue weighted by Crippen LogP contribution is 2.32. The Labute approximate surface area is 133 Å². The van der Waals surface area contributed by atoms with Gasteiger partial charge in [-0.25, -0.2) is 0 Å². The first-order valence-corrected chi connectivity index (χ1v) is 8.15. The Kier molecular flexibility index (Phi) is 4.34. The number of aryl methyl sites for hydroxylation is 1. The minimum atomic E-state index is -0.114. The monoisotopic (exact) mass is 311 g/mol. The Hall–Kier alpha value is -2.40. The van der Waals surface area contributed by atoms with E-state index in [1.54, 1.807) is 23.5 Å². The van der Waals surface area contributed by atoms with Gasteiger partial charge in [-0.3, -0.25) is 9.89 Å². The topological polar surface area (TPSA) is 57.8 Å². The van der Waals surface area contributed by atoms with Crippen LogP contribution < -0.4 is 5.32 Å². The first kappa shape index (κ1) is 14.5. The molecule has 1 aromatic carbocycles. The van der Waals surface area contributed by atoms with Crippen LogP contribution >= 0.6 is 11.3 Å². The number of carbonyl (C=O) groups is 1. The second-order valence-corrected chi connectivity index (χ2v) is 5.92. The van der Waals surface area contributed by atoms with E-state index in [4.69, 9.17) is 0 Å². The van der Waals surface area contributed by atoms with Crippen LogP contribution in [-0.4, -0.2) is 16.1 Å². The Morgan fingerprint density at radius 2 is 2.05 bits per heavy atom. The summed E-state index contributed by atoms with van der Waals surface area (Å²) < 4.78 is 0. The zero-order valence-corrected chi connectivity index (χ0v) is 13.1. The van der Waals surface area contributed by atoms with Gasteiger partial charge in [0.2, 0.25) is 0 Å². The first-order valence-electron chi connectivity index (χ1n) is 7.27. The maximum absolute atomic E-state index is 12.4. The molecule has 0 radical (unpaired) electrons. The Balaban J connectivity index is 1.94. The molecule has 0 bridgehead atoms. The van der Waals surface area contributed by atoms with E-state index in [0.29, 0.717) is 5.56 Å². The number of thiophene rings is 1. The number of nitrogens with zero attached hydrogens (tertiary/aromatic N) is 1. The summed E-state index contributed by atoms with van der Waals surface area (Å²) in [6.07, 6.45) is 1.84.